The highest BCUT2D eigenvalue weighted by molar-refractivity contribution is 5.99. The Morgan fingerprint density at radius 3 is 2.67 bits per heavy atom. The number of nitrogens with one attached hydrogen (secondary N) is 2. The number of aryl methyl sites for hydroxylation is 1. The van der Waals surface area contributed by atoms with Crippen molar-refractivity contribution in [3.05, 3.63) is 47.7 Å². The van der Waals surface area contributed by atoms with Gasteiger partial charge in [0.25, 0.3) is 5.91 Å². The van der Waals surface area contributed by atoms with Gasteiger partial charge in [-0.05, 0) is 12.1 Å². The predicted molar refractivity (Wildman–Crippen MR) is 70.5 cm³/mol. The third-order valence-electron chi connectivity index (χ3n) is 2.57. The third-order valence-corrected chi connectivity index (χ3v) is 2.57. The zero-order valence-corrected chi connectivity index (χ0v) is 11.1. The molecule has 8 heteroatoms. The second-order valence-corrected chi connectivity index (χ2v) is 4.23. The van der Waals surface area contributed by atoms with E-state index < -0.39 is 23.4 Å². The Balaban J connectivity index is 1.90. The van der Waals surface area contributed by atoms with Crippen molar-refractivity contribution < 1.29 is 18.4 Å². The maximum Gasteiger partial charge on any atom is 0.254 e. The minimum Gasteiger partial charge on any atom is -0.343 e. The summed E-state index contributed by atoms with van der Waals surface area (Å²) in [4.78, 5) is 23.2. The van der Waals surface area contributed by atoms with E-state index in [0.29, 0.717) is 11.9 Å². The van der Waals surface area contributed by atoms with Crippen molar-refractivity contribution in [1.29, 1.82) is 0 Å². The molecule has 2 rings (SSSR count). The lowest BCUT2D eigenvalue weighted by Gasteiger charge is -2.06. The van der Waals surface area contributed by atoms with Crippen LogP contribution >= 0.6 is 0 Å². The molecule has 0 bridgehead atoms. The van der Waals surface area contributed by atoms with Crippen molar-refractivity contribution >= 4 is 17.6 Å². The first kappa shape index (κ1) is 14.6. The number of hydrogen-bond acceptors (Lipinski definition) is 3. The van der Waals surface area contributed by atoms with E-state index in [-0.39, 0.29) is 12.1 Å². The molecule has 0 aliphatic heterocycles. The van der Waals surface area contributed by atoms with Gasteiger partial charge in [-0.2, -0.15) is 5.10 Å². The van der Waals surface area contributed by atoms with Crippen molar-refractivity contribution in [3.8, 4) is 0 Å². The second-order valence-electron chi connectivity index (χ2n) is 4.23. The molecule has 0 radical (unpaired) electrons. The summed E-state index contributed by atoms with van der Waals surface area (Å²) < 4.78 is 27.6. The molecule has 2 amide bonds. The van der Waals surface area contributed by atoms with Crippen molar-refractivity contribution in [2.45, 2.75) is 0 Å². The van der Waals surface area contributed by atoms with Crippen LogP contribution in [0.25, 0.3) is 0 Å². The number of halogens is 2. The molecule has 110 valence electrons. The van der Waals surface area contributed by atoms with E-state index in [4.69, 9.17) is 0 Å². The fraction of sp³-hybridized carbons (Fsp3) is 0.154. The zero-order chi connectivity index (χ0) is 15.4. The number of aromatic nitrogens is 2. The predicted octanol–water partition coefficient (Wildman–Crippen LogP) is 1.07. The second kappa shape index (κ2) is 6.12. The summed E-state index contributed by atoms with van der Waals surface area (Å²) in [7, 11) is 1.69. The first-order valence-electron chi connectivity index (χ1n) is 5.98. The van der Waals surface area contributed by atoms with Crippen LogP contribution in [-0.2, 0) is 11.8 Å². The number of carbonyl (C=O) groups excluding carboxylic acids is 2. The summed E-state index contributed by atoms with van der Waals surface area (Å²) in [5.74, 6) is -2.74. The van der Waals surface area contributed by atoms with Gasteiger partial charge in [0.2, 0.25) is 5.91 Å². The highest BCUT2D eigenvalue weighted by Gasteiger charge is 2.13. The minimum atomic E-state index is -0.988. The van der Waals surface area contributed by atoms with Crippen LogP contribution in [0.3, 0.4) is 0 Å². The Morgan fingerprint density at radius 2 is 2.05 bits per heavy atom. The normalized spacial score (nSPS) is 10.2. The van der Waals surface area contributed by atoms with Crippen LogP contribution in [0.15, 0.2) is 30.5 Å². The van der Waals surface area contributed by atoms with Crippen LogP contribution in [0, 0.1) is 11.6 Å². The van der Waals surface area contributed by atoms with Gasteiger partial charge in [0, 0.05) is 25.4 Å². The largest absolute Gasteiger partial charge is 0.343 e. The van der Waals surface area contributed by atoms with Gasteiger partial charge in [0.15, 0.2) is 5.82 Å². The fourth-order valence-corrected chi connectivity index (χ4v) is 1.60. The number of benzene rings is 1. The van der Waals surface area contributed by atoms with Crippen molar-refractivity contribution in [3.63, 3.8) is 0 Å². The number of nitrogens with zero attached hydrogens (tertiary/aromatic N) is 2. The summed E-state index contributed by atoms with van der Waals surface area (Å²) in [5, 5.41) is 8.62. The van der Waals surface area contributed by atoms with E-state index in [1.807, 2.05) is 0 Å². The van der Waals surface area contributed by atoms with Gasteiger partial charge in [0.1, 0.15) is 11.6 Å². The van der Waals surface area contributed by atoms with Crippen molar-refractivity contribution in [2.75, 3.05) is 11.9 Å². The molecule has 21 heavy (non-hydrogen) atoms. The Labute approximate surface area is 118 Å². The van der Waals surface area contributed by atoms with Crippen LogP contribution in [0.2, 0.25) is 0 Å². The molecule has 0 aliphatic carbocycles. The Kier molecular flexibility index (Phi) is 4.27. The lowest BCUT2D eigenvalue weighted by Crippen LogP contribution is -2.33. The molecule has 2 N–H and O–H groups in total. The van der Waals surface area contributed by atoms with Crippen LogP contribution in [-0.4, -0.2) is 28.1 Å². The molecule has 0 fully saturated rings. The van der Waals surface area contributed by atoms with E-state index in [0.717, 1.165) is 12.1 Å². The van der Waals surface area contributed by atoms with Crippen LogP contribution in [0.1, 0.15) is 10.4 Å². The number of carbonyl (C=O) groups is 2. The molecule has 6 nitrogen and oxygen atoms in total. The number of rotatable bonds is 4. The first-order valence-corrected chi connectivity index (χ1v) is 5.98. The maximum atomic E-state index is 13.4. The smallest absolute Gasteiger partial charge is 0.254 e. The fourth-order valence-electron chi connectivity index (χ4n) is 1.60. The van der Waals surface area contributed by atoms with Gasteiger partial charge in [-0.15, -0.1) is 0 Å². The SMILES string of the molecule is Cn1ccc(NC(=O)CNC(=O)c2ccc(F)cc2F)n1. The van der Waals surface area contributed by atoms with E-state index in [1.165, 1.54) is 4.68 Å². The Morgan fingerprint density at radius 1 is 1.29 bits per heavy atom. The molecule has 0 aliphatic rings. The molecule has 0 saturated carbocycles. The van der Waals surface area contributed by atoms with Gasteiger partial charge < -0.3 is 10.6 Å². The summed E-state index contributed by atoms with van der Waals surface area (Å²) >= 11 is 0. The molecule has 0 unspecified atom stereocenters. The van der Waals surface area contributed by atoms with Crippen LogP contribution in [0.5, 0.6) is 0 Å². The monoisotopic (exact) mass is 294 g/mol. The summed E-state index contributed by atoms with van der Waals surface area (Å²) in [6, 6.07) is 4.16. The van der Waals surface area contributed by atoms with Gasteiger partial charge in [0.05, 0.1) is 12.1 Å². The number of hydrogen-bond donors (Lipinski definition) is 2. The van der Waals surface area contributed by atoms with Crippen molar-refractivity contribution in [2.24, 2.45) is 7.05 Å². The lowest BCUT2D eigenvalue weighted by molar-refractivity contribution is -0.115. The average Bonchev–Trinajstić information content (AvgIpc) is 2.81. The molecular formula is C13H12F2N4O2. The molecule has 1 aromatic carbocycles. The Bertz CT molecular complexity index is 685. The standard InChI is InChI=1S/C13H12F2N4O2/c1-19-5-4-11(18-19)17-12(20)7-16-13(21)9-3-2-8(14)6-10(9)15/h2-6H,7H2,1H3,(H,16,21)(H,17,18,20). The van der Waals surface area contributed by atoms with Gasteiger partial charge in [-0.3, -0.25) is 14.3 Å². The summed E-state index contributed by atoms with van der Waals surface area (Å²) in [5.41, 5.74) is -0.331. The average molecular weight is 294 g/mol. The van der Waals surface area contributed by atoms with Gasteiger partial charge >= 0.3 is 0 Å². The Hall–Kier alpha value is -2.77. The van der Waals surface area contributed by atoms with E-state index >= 15 is 0 Å². The summed E-state index contributed by atoms with van der Waals surface area (Å²) in [6.45, 7) is -0.355. The molecule has 0 spiro atoms. The van der Waals surface area contributed by atoms with Gasteiger partial charge in [-0.1, -0.05) is 0 Å². The molecule has 0 atom stereocenters. The minimum absolute atomic E-state index is 0.331. The van der Waals surface area contributed by atoms with E-state index in [9.17, 15) is 18.4 Å². The maximum absolute atomic E-state index is 13.4. The van der Waals surface area contributed by atoms with Crippen LogP contribution in [0.4, 0.5) is 14.6 Å². The highest BCUT2D eigenvalue weighted by Crippen LogP contribution is 2.09. The van der Waals surface area contributed by atoms with E-state index in [2.05, 4.69) is 15.7 Å². The lowest BCUT2D eigenvalue weighted by atomic mass is 10.2. The summed E-state index contributed by atoms with van der Waals surface area (Å²) in [6.07, 6.45) is 1.64. The van der Waals surface area contributed by atoms with Crippen molar-refractivity contribution in [1.82, 2.24) is 15.1 Å². The number of anilines is 1. The van der Waals surface area contributed by atoms with Crippen LogP contribution < -0.4 is 10.6 Å². The zero-order valence-electron chi connectivity index (χ0n) is 11.1. The molecule has 1 aromatic heterocycles. The number of amides is 2. The quantitative estimate of drug-likeness (QED) is 0.885. The molecular weight excluding hydrogens is 282 g/mol. The topological polar surface area (TPSA) is 76.0 Å². The van der Waals surface area contributed by atoms with E-state index in [1.54, 1.807) is 19.3 Å². The van der Waals surface area contributed by atoms with Gasteiger partial charge in [-0.25, -0.2) is 8.78 Å². The molecule has 1 heterocycles. The first-order chi connectivity index (χ1) is 9.95. The molecule has 0 saturated heterocycles. The highest BCUT2D eigenvalue weighted by atomic mass is 19.1. The third kappa shape index (κ3) is 3.85. The molecule has 2 aromatic rings.